The van der Waals surface area contributed by atoms with Crippen LogP contribution < -0.4 is 0 Å². The molecule has 0 saturated heterocycles. The quantitative estimate of drug-likeness (QED) is 0.498. The molecule has 0 aliphatic heterocycles. The maximum absolute atomic E-state index is 11.2. The van der Waals surface area contributed by atoms with Crippen molar-refractivity contribution in [2.24, 2.45) is 0 Å². The van der Waals surface area contributed by atoms with Crippen molar-refractivity contribution in [3.05, 3.63) is 0 Å². The molecule has 0 aliphatic rings. The molecule has 0 heterocycles. The molecule has 0 bridgehead atoms. The normalized spacial score (nSPS) is 13.9. The van der Waals surface area contributed by atoms with Gasteiger partial charge in [-0.1, -0.05) is 6.92 Å². The fraction of sp³-hybridized carbons (Fsp3) is 0.500. The molecule has 0 rings (SSSR count). The van der Waals surface area contributed by atoms with E-state index in [1.165, 1.54) is 6.92 Å². The van der Waals surface area contributed by atoms with Gasteiger partial charge in [0, 0.05) is 10.5 Å². The molecule has 0 amide bonds. The molecule has 78 valence electrons. The van der Waals surface area contributed by atoms with Crippen molar-refractivity contribution in [3.63, 3.8) is 0 Å². The highest BCUT2D eigenvalue weighted by Crippen LogP contribution is 2.09. The second-order valence-corrected chi connectivity index (χ2v) is 6.38. The van der Waals surface area contributed by atoms with E-state index in [9.17, 15) is 16.8 Å². The van der Waals surface area contributed by atoms with Gasteiger partial charge < -0.3 is 0 Å². The van der Waals surface area contributed by atoms with Crippen LogP contribution in [-0.2, 0) is 19.7 Å². The van der Waals surface area contributed by atoms with Crippen LogP contribution in [0.3, 0.4) is 0 Å². The summed E-state index contributed by atoms with van der Waals surface area (Å²) in [5.41, 5.74) is 0. The van der Waals surface area contributed by atoms with Gasteiger partial charge in [-0.05, 0) is 6.42 Å². The molecular weight excluding hydrogens is 224 g/mol. The van der Waals surface area contributed by atoms with E-state index in [0.717, 1.165) is 0 Å². The van der Waals surface area contributed by atoms with Crippen LogP contribution in [0.4, 0.5) is 0 Å². The molecule has 6 heteroatoms. The minimum Gasteiger partial charge on any atom is -0.215 e. The SMILES string of the molecule is C#CS(=O)(=O)C[C@H](CC)S(=O)(=O)C#C. The smallest absolute Gasteiger partial charge is 0.215 e. The molecule has 0 spiro atoms. The molecular formula is C8H10O4S2. The maximum Gasteiger partial charge on any atom is 0.220 e. The van der Waals surface area contributed by atoms with E-state index >= 15 is 0 Å². The van der Waals surface area contributed by atoms with Gasteiger partial charge in [0.05, 0.1) is 11.0 Å². The Kier molecular flexibility index (Phi) is 4.18. The lowest BCUT2D eigenvalue weighted by Crippen LogP contribution is -2.27. The fourth-order valence-corrected chi connectivity index (χ4v) is 3.52. The second kappa shape index (κ2) is 4.50. The van der Waals surface area contributed by atoms with Crippen LogP contribution in [-0.4, -0.2) is 27.8 Å². The number of sulfone groups is 2. The Morgan fingerprint density at radius 3 is 1.93 bits per heavy atom. The zero-order valence-electron chi connectivity index (χ0n) is 7.60. The summed E-state index contributed by atoms with van der Waals surface area (Å²) in [5, 5.41) is 2.00. The monoisotopic (exact) mass is 234 g/mol. The molecule has 4 nitrogen and oxygen atoms in total. The van der Waals surface area contributed by atoms with Gasteiger partial charge in [-0.3, -0.25) is 0 Å². The van der Waals surface area contributed by atoms with Gasteiger partial charge in [-0.15, -0.1) is 12.8 Å². The first-order valence-corrected chi connectivity index (χ1v) is 6.90. The van der Waals surface area contributed by atoms with Crippen molar-refractivity contribution in [2.45, 2.75) is 18.6 Å². The van der Waals surface area contributed by atoms with E-state index < -0.39 is 30.7 Å². The Balaban J connectivity index is 5.04. The van der Waals surface area contributed by atoms with Crippen LogP contribution in [0.5, 0.6) is 0 Å². The molecule has 0 saturated carbocycles. The van der Waals surface area contributed by atoms with Crippen molar-refractivity contribution in [1.29, 1.82) is 0 Å². The molecule has 0 aromatic rings. The summed E-state index contributed by atoms with van der Waals surface area (Å²) in [4.78, 5) is 0. The Hall–Kier alpha value is -0.980. The summed E-state index contributed by atoms with van der Waals surface area (Å²) < 4.78 is 44.2. The lowest BCUT2D eigenvalue weighted by atomic mass is 10.4. The first-order valence-electron chi connectivity index (χ1n) is 3.70. The lowest BCUT2D eigenvalue weighted by Gasteiger charge is -2.08. The van der Waals surface area contributed by atoms with Gasteiger partial charge in [0.1, 0.15) is 0 Å². The third-order valence-electron chi connectivity index (χ3n) is 1.64. The zero-order chi connectivity index (χ0) is 11.4. The number of terminal acetylenes is 2. The van der Waals surface area contributed by atoms with Crippen molar-refractivity contribution in [1.82, 2.24) is 0 Å². The molecule has 0 unspecified atom stereocenters. The zero-order valence-corrected chi connectivity index (χ0v) is 9.23. The summed E-state index contributed by atoms with van der Waals surface area (Å²) in [6, 6.07) is 0. The van der Waals surface area contributed by atoms with E-state index in [1.807, 2.05) is 0 Å². The molecule has 0 aromatic heterocycles. The van der Waals surface area contributed by atoms with Crippen LogP contribution in [0.2, 0.25) is 0 Å². The average molecular weight is 234 g/mol. The van der Waals surface area contributed by atoms with Crippen molar-refractivity contribution < 1.29 is 16.8 Å². The highest BCUT2D eigenvalue weighted by Gasteiger charge is 2.26. The van der Waals surface area contributed by atoms with E-state index in [1.54, 1.807) is 10.5 Å². The Labute approximate surface area is 84.5 Å². The Morgan fingerprint density at radius 2 is 1.64 bits per heavy atom. The minimum absolute atomic E-state index is 0.118. The second-order valence-electron chi connectivity index (χ2n) is 2.59. The van der Waals surface area contributed by atoms with Crippen LogP contribution in [0.25, 0.3) is 0 Å². The van der Waals surface area contributed by atoms with Crippen LogP contribution in [0, 0.1) is 23.4 Å². The number of rotatable bonds is 4. The fourth-order valence-electron chi connectivity index (χ4n) is 0.816. The predicted octanol–water partition coefficient (Wildman–Crippen LogP) is -0.224. The Morgan fingerprint density at radius 1 is 1.14 bits per heavy atom. The predicted molar refractivity (Wildman–Crippen MR) is 54.5 cm³/mol. The van der Waals surface area contributed by atoms with E-state index in [0.29, 0.717) is 0 Å². The Bertz CT molecular complexity index is 470. The van der Waals surface area contributed by atoms with Gasteiger partial charge in [0.15, 0.2) is 0 Å². The molecule has 14 heavy (non-hydrogen) atoms. The third-order valence-corrected chi connectivity index (χ3v) is 4.76. The largest absolute Gasteiger partial charge is 0.220 e. The van der Waals surface area contributed by atoms with Crippen molar-refractivity contribution >= 4 is 19.7 Å². The van der Waals surface area contributed by atoms with Gasteiger partial charge in [-0.2, -0.15) is 0 Å². The summed E-state index contributed by atoms with van der Waals surface area (Å²) >= 11 is 0. The number of hydrogen-bond donors (Lipinski definition) is 0. The van der Waals surface area contributed by atoms with E-state index in [2.05, 4.69) is 0 Å². The topological polar surface area (TPSA) is 68.3 Å². The maximum atomic E-state index is 11.2. The van der Waals surface area contributed by atoms with E-state index in [4.69, 9.17) is 12.8 Å². The van der Waals surface area contributed by atoms with Gasteiger partial charge in [0.25, 0.3) is 0 Å². The van der Waals surface area contributed by atoms with Crippen LogP contribution >= 0.6 is 0 Å². The highest BCUT2D eigenvalue weighted by atomic mass is 32.2. The molecule has 0 fully saturated rings. The number of hydrogen-bond acceptors (Lipinski definition) is 4. The molecule has 1 atom stereocenters. The van der Waals surface area contributed by atoms with Crippen LogP contribution in [0.15, 0.2) is 0 Å². The first-order chi connectivity index (χ1) is 6.29. The summed E-state index contributed by atoms with van der Waals surface area (Å²) in [6.45, 7) is 1.53. The summed E-state index contributed by atoms with van der Waals surface area (Å²) in [7, 11) is -7.57. The van der Waals surface area contributed by atoms with Crippen molar-refractivity contribution in [2.75, 3.05) is 5.75 Å². The lowest BCUT2D eigenvalue weighted by molar-refractivity contribution is 0.582. The molecule has 0 N–H and O–H groups in total. The molecule has 0 aliphatic carbocycles. The summed E-state index contributed by atoms with van der Waals surface area (Å²) in [5.74, 6) is -0.619. The standard InChI is InChI=1S/C8H10O4S2/c1-4-8(14(11,12)6-3)7-13(9,10)5-2/h2-3,8H,4,7H2,1H3/t8-/m0/s1. The van der Waals surface area contributed by atoms with Gasteiger partial charge in [0.2, 0.25) is 19.7 Å². The summed E-state index contributed by atoms with van der Waals surface area (Å²) in [6.07, 6.45) is 9.59. The molecule has 0 radical (unpaired) electrons. The van der Waals surface area contributed by atoms with E-state index in [-0.39, 0.29) is 6.42 Å². The minimum atomic E-state index is -3.80. The third kappa shape index (κ3) is 3.41. The van der Waals surface area contributed by atoms with Crippen molar-refractivity contribution in [3.8, 4) is 23.4 Å². The average Bonchev–Trinajstić information content (AvgIpc) is 2.14. The van der Waals surface area contributed by atoms with Gasteiger partial charge in [-0.25, -0.2) is 16.8 Å². The first kappa shape index (κ1) is 13.0. The van der Waals surface area contributed by atoms with Crippen LogP contribution in [0.1, 0.15) is 13.3 Å². The molecule has 0 aromatic carbocycles. The van der Waals surface area contributed by atoms with Gasteiger partial charge >= 0.3 is 0 Å². The highest BCUT2D eigenvalue weighted by molar-refractivity contribution is 8.00.